The van der Waals surface area contributed by atoms with E-state index in [-0.39, 0.29) is 5.91 Å². The first-order valence-corrected chi connectivity index (χ1v) is 5.67. The summed E-state index contributed by atoms with van der Waals surface area (Å²) in [5.41, 5.74) is 0. The van der Waals surface area contributed by atoms with Gasteiger partial charge in [0, 0.05) is 11.4 Å². The summed E-state index contributed by atoms with van der Waals surface area (Å²) in [6.07, 6.45) is 1.61. The molecule has 1 heterocycles. The Morgan fingerprint density at radius 1 is 1.85 bits per heavy atom. The van der Waals surface area contributed by atoms with Gasteiger partial charge in [0.05, 0.1) is 11.2 Å². The lowest BCUT2D eigenvalue weighted by molar-refractivity contribution is 0.0958. The molecule has 0 bridgehead atoms. The number of carbonyl (C=O) groups excluding carboxylic acids is 1. The summed E-state index contributed by atoms with van der Waals surface area (Å²) in [5.74, 6) is -0.0445. The van der Waals surface area contributed by atoms with Gasteiger partial charge in [0.1, 0.15) is 4.88 Å². The number of carbonyl (C=O) groups is 1. The zero-order chi connectivity index (χ0) is 9.84. The van der Waals surface area contributed by atoms with E-state index in [2.05, 4.69) is 26.2 Å². The number of nitrogens with one attached hydrogen (secondary N) is 1. The van der Waals surface area contributed by atoms with Gasteiger partial charge in [-0.25, -0.2) is 4.98 Å². The van der Waals surface area contributed by atoms with Crippen LogP contribution in [0.2, 0.25) is 0 Å². The van der Waals surface area contributed by atoms with E-state index in [4.69, 9.17) is 0 Å². The first-order chi connectivity index (χ1) is 6.09. The van der Waals surface area contributed by atoms with Crippen molar-refractivity contribution in [1.82, 2.24) is 10.3 Å². The molecule has 13 heavy (non-hydrogen) atoms. The number of hydrogen-bond donors (Lipinski definition) is 1. The van der Waals surface area contributed by atoms with E-state index in [0.717, 1.165) is 5.01 Å². The molecule has 1 N–H and O–H groups in total. The van der Waals surface area contributed by atoms with Crippen LogP contribution in [0.4, 0.5) is 0 Å². The van der Waals surface area contributed by atoms with Crippen LogP contribution in [-0.2, 0) is 0 Å². The molecule has 0 fully saturated rings. The Hall–Kier alpha value is -0.420. The van der Waals surface area contributed by atoms with Crippen molar-refractivity contribution in [3.8, 4) is 0 Å². The average Bonchev–Trinajstić information content (AvgIpc) is 2.47. The number of aryl methyl sites for hydroxylation is 1. The molecule has 0 aliphatic carbocycles. The first kappa shape index (κ1) is 10.7. The highest BCUT2D eigenvalue weighted by molar-refractivity contribution is 9.09. The third-order valence-corrected chi connectivity index (χ3v) is 2.62. The van der Waals surface area contributed by atoms with Gasteiger partial charge in [-0.15, -0.1) is 11.3 Å². The zero-order valence-electron chi connectivity index (χ0n) is 7.50. The Bertz CT molecular complexity index is 298. The molecule has 72 valence electrons. The second kappa shape index (κ2) is 4.72. The lowest BCUT2D eigenvalue weighted by Crippen LogP contribution is -2.27. The Labute approximate surface area is 89.7 Å². The van der Waals surface area contributed by atoms with Crippen LogP contribution in [0, 0.1) is 6.92 Å². The van der Waals surface area contributed by atoms with Gasteiger partial charge in [-0.3, -0.25) is 4.79 Å². The number of aromatic nitrogens is 1. The lowest BCUT2D eigenvalue weighted by Gasteiger charge is -2.03. The van der Waals surface area contributed by atoms with E-state index in [9.17, 15) is 4.79 Å². The maximum absolute atomic E-state index is 11.4. The highest BCUT2D eigenvalue weighted by Crippen LogP contribution is 2.10. The summed E-state index contributed by atoms with van der Waals surface area (Å²) >= 11 is 4.76. The fourth-order valence-corrected chi connectivity index (χ4v) is 1.64. The number of rotatable bonds is 3. The maximum Gasteiger partial charge on any atom is 0.263 e. The van der Waals surface area contributed by atoms with Crippen molar-refractivity contribution < 1.29 is 4.79 Å². The third-order valence-electron chi connectivity index (χ3n) is 1.39. The molecule has 1 rings (SSSR count). The van der Waals surface area contributed by atoms with Crippen molar-refractivity contribution in [3.05, 3.63) is 16.1 Å². The predicted molar refractivity (Wildman–Crippen MR) is 57.6 cm³/mol. The molecule has 0 saturated heterocycles. The number of nitrogens with zero attached hydrogens (tertiary/aromatic N) is 1. The highest BCUT2D eigenvalue weighted by Gasteiger charge is 2.08. The standard InChI is InChI=1S/C8H11BrN2OS/c1-5(9)3-11-8(12)7-4-10-6(2)13-7/h4-5H,3H2,1-2H3,(H,11,12). The molecule has 0 aliphatic heterocycles. The van der Waals surface area contributed by atoms with Crippen molar-refractivity contribution in [3.63, 3.8) is 0 Å². The Morgan fingerprint density at radius 2 is 2.54 bits per heavy atom. The molecular formula is C8H11BrN2OS. The summed E-state index contributed by atoms with van der Waals surface area (Å²) in [4.78, 5) is 16.4. The van der Waals surface area contributed by atoms with E-state index >= 15 is 0 Å². The Balaban J connectivity index is 2.49. The quantitative estimate of drug-likeness (QED) is 0.847. The number of thiazole rings is 1. The van der Waals surface area contributed by atoms with Gasteiger partial charge in [-0.1, -0.05) is 22.9 Å². The number of hydrogen-bond acceptors (Lipinski definition) is 3. The number of amides is 1. The summed E-state index contributed by atoms with van der Waals surface area (Å²) in [6, 6.07) is 0. The third kappa shape index (κ3) is 3.44. The molecule has 0 aliphatic rings. The Morgan fingerprint density at radius 3 is 3.00 bits per heavy atom. The molecule has 5 heteroatoms. The van der Waals surface area contributed by atoms with E-state index in [1.165, 1.54) is 11.3 Å². The molecule has 0 aromatic carbocycles. The van der Waals surface area contributed by atoms with Crippen LogP contribution in [0.25, 0.3) is 0 Å². The van der Waals surface area contributed by atoms with Gasteiger partial charge in [0.25, 0.3) is 5.91 Å². The van der Waals surface area contributed by atoms with Gasteiger partial charge in [0.15, 0.2) is 0 Å². The average molecular weight is 263 g/mol. The van der Waals surface area contributed by atoms with Crippen LogP contribution in [0.5, 0.6) is 0 Å². The second-order valence-corrected chi connectivity index (χ2v) is 5.53. The molecule has 0 saturated carbocycles. The molecule has 1 aromatic rings. The molecule has 1 aromatic heterocycles. The van der Waals surface area contributed by atoms with Crippen LogP contribution >= 0.6 is 27.3 Å². The van der Waals surface area contributed by atoms with Gasteiger partial charge in [-0.2, -0.15) is 0 Å². The van der Waals surface area contributed by atoms with Gasteiger partial charge in [-0.05, 0) is 6.92 Å². The first-order valence-electron chi connectivity index (χ1n) is 3.94. The zero-order valence-corrected chi connectivity index (χ0v) is 9.91. The molecular weight excluding hydrogens is 252 g/mol. The minimum absolute atomic E-state index is 0.0445. The molecule has 0 radical (unpaired) electrons. The normalized spacial score (nSPS) is 12.5. The molecule has 1 amide bonds. The van der Waals surface area contributed by atoms with Crippen LogP contribution in [0.1, 0.15) is 21.6 Å². The van der Waals surface area contributed by atoms with Gasteiger partial charge >= 0.3 is 0 Å². The highest BCUT2D eigenvalue weighted by atomic mass is 79.9. The van der Waals surface area contributed by atoms with Crippen molar-refractivity contribution in [2.45, 2.75) is 18.7 Å². The van der Waals surface area contributed by atoms with Gasteiger partial charge < -0.3 is 5.32 Å². The summed E-state index contributed by atoms with van der Waals surface area (Å²) < 4.78 is 0. The fraction of sp³-hybridized carbons (Fsp3) is 0.500. The summed E-state index contributed by atoms with van der Waals surface area (Å²) in [6.45, 7) is 4.50. The number of alkyl halides is 1. The van der Waals surface area contributed by atoms with E-state index < -0.39 is 0 Å². The second-order valence-electron chi connectivity index (χ2n) is 2.73. The summed E-state index contributed by atoms with van der Waals surface area (Å²) in [5, 5.41) is 3.71. The van der Waals surface area contributed by atoms with Crippen LogP contribution in [0.15, 0.2) is 6.20 Å². The van der Waals surface area contributed by atoms with Crippen LogP contribution < -0.4 is 5.32 Å². The van der Waals surface area contributed by atoms with Crippen LogP contribution in [-0.4, -0.2) is 22.3 Å². The van der Waals surface area contributed by atoms with Crippen molar-refractivity contribution in [2.75, 3.05) is 6.54 Å². The maximum atomic E-state index is 11.4. The minimum atomic E-state index is -0.0445. The van der Waals surface area contributed by atoms with E-state index in [0.29, 0.717) is 16.2 Å². The van der Waals surface area contributed by atoms with Gasteiger partial charge in [0.2, 0.25) is 0 Å². The largest absolute Gasteiger partial charge is 0.350 e. The SMILES string of the molecule is Cc1ncc(C(=O)NCC(C)Br)s1. The molecule has 3 nitrogen and oxygen atoms in total. The van der Waals surface area contributed by atoms with Crippen molar-refractivity contribution in [1.29, 1.82) is 0 Å². The summed E-state index contributed by atoms with van der Waals surface area (Å²) in [7, 11) is 0. The topological polar surface area (TPSA) is 42.0 Å². The minimum Gasteiger partial charge on any atom is -0.350 e. The fourth-order valence-electron chi connectivity index (χ4n) is 0.787. The van der Waals surface area contributed by atoms with E-state index in [1.54, 1.807) is 6.20 Å². The molecule has 0 spiro atoms. The Kier molecular flexibility index (Phi) is 3.87. The van der Waals surface area contributed by atoms with Crippen molar-refractivity contribution >= 4 is 33.2 Å². The smallest absolute Gasteiger partial charge is 0.263 e. The molecule has 1 unspecified atom stereocenters. The van der Waals surface area contributed by atoms with Crippen LogP contribution in [0.3, 0.4) is 0 Å². The van der Waals surface area contributed by atoms with E-state index in [1.807, 2.05) is 13.8 Å². The predicted octanol–water partition coefficient (Wildman–Crippen LogP) is 1.96. The number of halogens is 1. The molecule has 1 atom stereocenters. The monoisotopic (exact) mass is 262 g/mol. The lowest BCUT2D eigenvalue weighted by atomic mass is 10.4. The van der Waals surface area contributed by atoms with Crippen molar-refractivity contribution in [2.24, 2.45) is 0 Å².